The van der Waals surface area contributed by atoms with Gasteiger partial charge in [0.15, 0.2) is 6.29 Å². The van der Waals surface area contributed by atoms with E-state index in [4.69, 9.17) is 5.11 Å². The molecule has 5 heteroatoms. The van der Waals surface area contributed by atoms with Gasteiger partial charge in [-0.1, -0.05) is 0 Å². The first-order chi connectivity index (χ1) is 9.69. The fourth-order valence-corrected chi connectivity index (χ4v) is 2.84. The molecule has 0 amide bonds. The van der Waals surface area contributed by atoms with Gasteiger partial charge in [-0.15, -0.1) is 0 Å². The lowest BCUT2D eigenvalue weighted by Gasteiger charge is -2.32. The molecule has 0 saturated carbocycles. The average molecular weight is 272 g/mol. The number of benzene rings is 1. The van der Waals surface area contributed by atoms with Crippen molar-refractivity contribution in [3.8, 4) is 0 Å². The summed E-state index contributed by atoms with van der Waals surface area (Å²) in [5.74, 6) is -1.04. The smallest absolute Gasteiger partial charge is 0.308 e. The summed E-state index contributed by atoms with van der Waals surface area (Å²) in [6, 6.07) is 5.86. The molecule has 1 aromatic carbocycles. The zero-order valence-corrected chi connectivity index (χ0v) is 11.0. The van der Waals surface area contributed by atoms with Crippen molar-refractivity contribution < 1.29 is 14.7 Å². The number of carboxylic acids is 1. The summed E-state index contributed by atoms with van der Waals surface area (Å²) in [6.45, 7) is 1.39. The van der Waals surface area contributed by atoms with Crippen LogP contribution in [-0.2, 0) is 4.79 Å². The van der Waals surface area contributed by atoms with E-state index in [1.807, 2.05) is 18.2 Å². The maximum Gasteiger partial charge on any atom is 0.308 e. The largest absolute Gasteiger partial charge is 0.481 e. The van der Waals surface area contributed by atoms with E-state index in [1.54, 1.807) is 6.20 Å². The fourth-order valence-electron chi connectivity index (χ4n) is 2.84. The molecule has 2 aromatic rings. The summed E-state index contributed by atoms with van der Waals surface area (Å²) in [7, 11) is 0. The Balaban J connectivity index is 1.93. The molecule has 1 saturated heterocycles. The lowest BCUT2D eigenvalue weighted by atomic mass is 9.97. The van der Waals surface area contributed by atoms with Crippen molar-refractivity contribution in [2.75, 3.05) is 18.0 Å². The third-order valence-corrected chi connectivity index (χ3v) is 3.96. The number of aliphatic carboxylic acids is 1. The molecule has 1 aliphatic rings. The first-order valence-corrected chi connectivity index (χ1v) is 6.73. The molecule has 3 rings (SSSR count). The van der Waals surface area contributed by atoms with Crippen molar-refractivity contribution in [1.82, 2.24) is 4.98 Å². The molecule has 20 heavy (non-hydrogen) atoms. The molecule has 0 aliphatic carbocycles. The fraction of sp³-hybridized carbons (Fsp3) is 0.333. The number of hydrogen-bond acceptors (Lipinski definition) is 3. The first-order valence-electron chi connectivity index (χ1n) is 6.73. The standard InChI is InChI=1S/C15H16N2O3/c18-9-11-7-16-14-4-3-12(6-13(11)14)17-5-1-2-10(8-17)15(19)20/h3-4,6-7,9-10,16H,1-2,5,8H2,(H,19,20). The second kappa shape index (κ2) is 5.00. The molecule has 1 unspecified atom stereocenters. The SMILES string of the molecule is O=Cc1c[nH]c2ccc(N3CCCC(C(=O)O)C3)cc12. The lowest BCUT2D eigenvalue weighted by molar-refractivity contribution is -0.141. The number of aromatic nitrogens is 1. The van der Waals surface area contributed by atoms with E-state index in [0.29, 0.717) is 12.1 Å². The van der Waals surface area contributed by atoms with Crippen LogP contribution in [0.4, 0.5) is 5.69 Å². The van der Waals surface area contributed by atoms with Crippen molar-refractivity contribution in [2.45, 2.75) is 12.8 Å². The number of carboxylic acid groups (broad SMARTS) is 1. The molecule has 1 fully saturated rings. The van der Waals surface area contributed by atoms with Crippen molar-refractivity contribution in [3.05, 3.63) is 30.0 Å². The highest BCUT2D eigenvalue weighted by molar-refractivity contribution is 5.98. The van der Waals surface area contributed by atoms with Crippen LogP contribution in [0.25, 0.3) is 10.9 Å². The molecule has 104 valence electrons. The van der Waals surface area contributed by atoms with E-state index in [1.165, 1.54) is 0 Å². The van der Waals surface area contributed by atoms with Gasteiger partial charge in [0.25, 0.3) is 0 Å². The molecule has 1 aliphatic heterocycles. The highest BCUT2D eigenvalue weighted by Crippen LogP contribution is 2.27. The molecule has 0 radical (unpaired) electrons. The Bertz CT molecular complexity index is 662. The number of piperidine rings is 1. The summed E-state index contributed by atoms with van der Waals surface area (Å²) in [4.78, 5) is 27.3. The molecule has 2 heterocycles. The Kier molecular flexibility index (Phi) is 3.18. The highest BCUT2D eigenvalue weighted by atomic mass is 16.4. The Morgan fingerprint density at radius 2 is 2.30 bits per heavy atom. The van der Waals surface area contributed by atoms with Gasteiger partial charge >= 0.3 is 5.97 Å². The average Bonchev–Trinajstić information content (AvgIpc) is 2.89. The van der Waals surface area contributed by atoms with Crippen molar-refractivity contribution in [3.63, 3.8) is 0 Å². The van der Waals surface area contributed by atoms with Gasteiger partial charge in [-0.25, -0.2) is 0 Å². The van der Waals surface area contributed by atoms with Crippen LogP contribution in [0, 0.1) is 5.92 Å². The predicted octanol–water partition coefficient (Wildman–Crippen LogP) is 2.28. The number of H-pyrrole nitrogens is 1. The predicted molar refractivity (Wildman–Crippen MR) is 76.3 cm³/mol. The lowest BCUT2D eigenvalue weighted by Crippen LogP contribution is -2.38. The highest BCUT2D eigenvalue weighted by Gasteiger charge is 2.25. The number of fused-ring (bicyclic) bond motifs is 1. The third-order valence-electron chi connectivity index (χ3n) is 3.96. The minimum atomic E-state index is -0.731. The van der Waals surface area contributed by atoms with Crippen molar-refractivity contribution in [1.29, 1.82) is 0 Å². The van der Waals surface area contributed by atoms with Gasteiger partial charge < -0.3 is 15.0 Å². The normalized spacial score (nSPS) is 19.2. The van der Waals surface area contributed by atoms with Crippen LogP contribution in [0.15, 0.2) is 24.4 Å². The number of carbonyl (C=O) groups excluding carboxylic acids is 1. The van der Waals surface area contributed by atoms with E-state index < -0.39 is 5.97 Å². The van der Waals surface area contributed by atoms with Crippen LogP contribution >= 0.6 is 0 Å². The van der Waals surface area contributed by atoms with Crippen molar-refractivity contribution in [2.24, 2.45) is 5.92 Å². The Morgan fingerprint density at radius 3 is 3.05 bits per heavy atom. The van der Waals surface area contributed by atoms with Gasteiger partial charge in [0.05, 0.1) is 5.92 Å². The third kappa shape index (κ3) is 2.15. The summed E-state index contributed by atoms with van der Waals surface area (Å²) in [5.41, 5.74) is 2.53. The maximum atomic E-state index is 11.1. The van der Waals surface area contributed by atoms with Crippen molar-refractivity contribution >= 4 is 28.8 Å². The second-order valence-corrected chi connectivity index (χ2v) is 5.22. The molecule has 2 N–H and O–H groups in total. The quantitative estimate of drug-likeness (QED) is 0.841. The number of anilines is 1. The van der Waals surface area contributed by atoms with E-state index in [-0.39, 0.29) is 5.92 Å². The molecule has 1 aromatic heterocycles. The monoisotopic (exact) mass is 272 g/mol. The minimum absolute atomic E-state index is 0.309. The van der Waals surface area contributed by atoms with Crippen LogP contribution < -0.4 is 4.90 Å². The number of carbonyl (C=O) groups is 2. The van der Waals surface area contributed by atoms with Gasteiger partial charge in [-0.3, -0.25) is 9.59 Å². The molecular weight excluding hydrogens is 256 g/mol. The molecule has 1 atom stereocenters. The summed E-state index contributed by atoms with van der Waals surface area (Å²) in [6.07, 6.45) is 4.14. The van der Waals surface area contributed by atoms with Crippen LogP contribution in [0.5, 0.6) is 0 Å². The number of hydrogen-bond donors (Lipinski definition) is 2. The van der Waals surface area contributed by atoms with E-state index in [0.717, 1.165) is 42.3 Å². The van der Waals surface area contributed by atoms with Crippen LogP contribution in [-0.4, -0.2) is 35.4 Å². The molecule has 0 bridgehead atoms. The second-order valence-electron chi connectivity index (χ2n) is 5.22. The summed E-state index contributed by atoms with van der Waals surface area (Å²) < 4.78 is 0. The van der Waals surface area contributed by atoms with E-state index >= 15 is 0 Å². The van der Waals surface area contributed by atoms with Gasteiger partial charge in [0, 0.05) is 41.4 Å². The van der Waals surface area contributed by atoms with Crippen LogP contribution in [0.3, 0.4) is 0 Å². The zero-order valence-electron chi connectivity index (χ0n) is 11.0. The van der Waals surface area contributed by atoms with Gasteiger partial charge in [-0.2, -0.15) is 0 Å². The molecule has 5 nitrogen and oxygen atoms in total. The number of nitrogens with one attached hydrogen (secondary N) is 1. The maximum absolute atomic E-state index is 11.1. The number of aldehydes is 1. The number of aromatic amines is 1. The van der Waals surface area contributed by atoms with Gasteiger partial charge in [0.2, 0.25) is 0 Å². The number of nitrogens with zero attached hydrogens (tertiary/aromatic N) is 1. The van der Waals surface area contributed by atoms with E-state index in [9.17, 15) is 9.59 Å². The number of rotatable bonds is 3. The first kappa shape index (κ1) is 12.7. The Labute approximate surface area is 116 Å². The Hall–Kier alpha value is -2.30. The molecular formula is C15H16N2O3. The summed E-state index contributed by atoms with van der Waals surface area (Å²) >= 11 is 0. The molecule has 0 spiro atoms. The van der Waals surface area contributed by atoms with E-state index in [2.05, 4.69) is 9.88 Å². The van der Waals surface area contributed by atoms with Crippen LogP contribution in [0.1, 0.15) is 23.2 Å². The van der Waals surface area contributed by atoms with Crippen LogP contribution in [0.2, 0.25) is 0 Å². The summed E-state index contributed by atoms with van der Waals surface area (Å²) in [5, 5.41) is 10.0. The van der Waals surface area contributed by atoms with Gasteiger partial charge in [0.1, 0.15) is 0 Å². The topological polar surface area (TPSA) is 73.4 Å². The van der Waals surface area contributed by atoms with Gasteiger partial charge in [-0.05, 0) is 31.0 Å². The zero-order chi connectivity index (χ0) is 14.1. The minimum Gasteiger partial charge on any atom is -0.481 e. The Morgan fingerprint density at radius 1 is 1.45 bits per heavy atom.